The van der Waals surface area contributed by atoms with Gasteiger partial charge in [-0.15, -0.1) is 11.3 Å². The summed E-state index contributed by atoms with van der Waals surface area (Å²) in [5, 5.41) is 1.90. The Morgan fingerprint density at radius 1 is 1.17 bits per heavy atom. The Balaban J connectivity index is 1.76. The molecule has 2 aromatic rings. The number of carbonyl (C=O) groups is 1. The van der Waals surface area contributed by atoms with Crippen molar-refractivity contribution in [3.63, 3.8) is 0 Å². The molecule has 2 heterocycles. The van der Waals surface area contributed by atoms with Crippen molar-refractivity contribution >= 4 is 27.3 Å². The number of nitrogens with one attached hydrogen (secondary N) is 1. The molecule has 1 saturated heterocycles. The first-order chi connectivity index (χ1) is 11.1. The van der Waals surface area contributed by atoms with E-state index in [1.54, 1.807) is 17.0 Å². The first-order valence-corrected chi connectivity index (χ1v) is 9.84. The van der Waals surface area contributed by atoms with E-state index in [1.807, 2.05) is 17.5 Å². The third kappa shape index (κ3) is 3.80. The van der Waals surface area contributed by atoms with Crippen LogP contribution >= 0.6 is 11.3 Å². The summed E-state index contributed by atoms with van der Waals surface area (Å²) < 4.78 is 27.4. The number of hydrogen-bond donors (Lipinski definition) is 1. The minimum atomic E-state index is -3.63. The van der Waals surface area contributed by atoms with Crippen LogP contribution < -0.4 is 4.72 Å². The second-order valence-corrected chi connectivity index (χ2v) is 8.23. The number of amides is 1. The van der Waals surface area contributed by atoms with Gasteiger partial charge in [-0.05, 0) is 42.5 Å². The third-order valence-corrected chi connectivity index (χ3v) is 6.08. The fraction of sp³-hybridized carbons (Fsp3) is 0.312. The molecule has 1 aromatic heterocycles. The van der Waals surface area contributed by atoms with Crippen LogP contribution in [0.15, 0.2) is 46.7 Å². The van der Waals surface area contributed by atoms with Gasteiger partial charge in [-0.25, -0.2) is 13.1 Å². The second kappa shape index (κ2) is 6.82. The number of benzene rings is 1. The van der Waals surface area contributed by atoms with Crippen molar-refractivity contribution in [1.29, 1.82) is 0 Å². The Bertz CT molecular complexity index is 779. The molecule has 23 heavy (non-hydrogen) atoms. The lowest BCUT2D eigenvalue weighted by Gasteiger charge is -2.15. The molecule has 0 aliphatic carbocycles. The van der Waals surface area contributed by atoms with Crippen molar-refractivity contribution in [3.05, 3.63) is 52.2 Å². The van der Waals surface area contributed by atoms with E-state index < -0.39 is 10.0 Å². The van der Waals surface area contributed by atoms with Crippen LogP contribution in [0.25, 0.3) is 0 Å². The molecule has 3 rings (SSSR count). The largest absolute Gasteiger partial charge is 0.339 e. The smallest absolute Gasteiger partial charge is 0.253 e. The van der Waals surface area contributed by atoms with Crippen LogP contribution in [-0.2, 0) is 16.6 Å². The Morgan fingerprint density at radius 3 is 2.65 bits per heavy atom. The minimum absolute atomic E-state index is 0.0993. The molecule has 0 radical (unpaired) electrons. The summed E-state index contributed by atoms with van der Waals surface area (Å²) in [5.74, 6) is -0.0993. The molecule has 1 aliphatic heterocycles. The number of likely N-dealkylation sites (tertiary alicyclic amines) is 1. The Labute approximate surface area is 140 Å². The SMILES string of the molecule is O=C(c1cccc(S(=O)(=O)NCc2cccs2)c1)N1CCCC1. The zero-order valence-corrected chi connectivity index (χ0v) is 14.2. The first kappa shape index (κ1) is 16.2. The van der Waals surface area contributed by atoms with Crippen LogP contribution in [0, 0.1) is 0 Å². The fourth-order valence-corrected chi connectivity index (χ4v) is 4.35. The number of rotatable bonds is 5. The molecule has 122 valence electrons. The van der Waals surface area contributed by atoms with Gasteiger partial charge in [0.25, 0.3) is 5.91 Å². The van der Waals surface area contributed by atoms with Crippen LogP contribution in [0.2, 0.25) is 0 Å². The van der Waals surface area contributed by atoms with Crippen molar-refractivity contribution in [3.8, 4) is 0 Å². The predicted molar refractivity (Wildman–Crippen MR) is 89.9 cm³/mol. The second-order valence-electron chi connectivity index (χ2n) is 5.43. The molecule has 0 saturated carbocycles. The highest BCUT2D eigenvalue weighted by atomic mass is 32.2. The van der Waals surface area contributed by atoms with E-state index in [2.05, 4.69) is 4.72 Å². The molecule has 1 aliphatic rings. The molecule has 0 spiro atoms. The molecule has 0 bridgehead atoms. The van der Waals surface area contributed by atoms with E-state index in [0.29, 0.717) is 5.56 Å². The predicted octanol–water partition coefficient (Wildman–Crippen LogP) is 2.46. The lowest BCUT2D eigenvalue weighted by Crippen LogP contribution is -2.28. The summed E-state index contributed by atoms with van der Waals surface area (Å²) in [4.78, 5) is 15.2. The fourth-order valence-electron chi connectivity index (χ4n) is 2.56. The number of nitrogens with zero attached hydrogens (tertiary/aromatic N) is 1. The highest BCUT2D eigenvalue weighted by molar-refractivity contribution is 7.89. The lowest BCUT2D eigenvalue weighted by molar-refractivity contribution is 0.0792. The Morgan fingerprint density at radius 2 is 1.96 bits per heavy atom. The van der Waals surface area contributed by atoms with E-state index in [4.69, 9.17) is 0 Å². The zero-order chi connectivity index (χ0) is 16.3. The summed E-state index contributed by atoms with van der Waals surface area (Å²) in [5.41, 5.74) is 0.422. The first-order valence-electron chi connectivity index (χ1n) is 7.48. The van der Waals surface area contributed by atoms with Crippen LogP contribution in [0.5, 0.6) is 0 Å². The Hall–Kier alpha value is -1.70. The topological polar surface area (TPSA) is 66.5 Å². The van der Waals surface area contributed by atoms with E-state index >= 15 is 0 Å². The summed E-state index contributed by atoms with van der Waals surface area (Å²) in [6.45, 7) is 1.74. The number of thiophene rings is 1. The molecule has 1 fully saturated rings. The van der Waals surface area contributed by atoms with Gasteiger partial charge in [-0.3, -0.25) is 4.79 Å². The minimum Gasteiger partial charge on any atom is -0.339 e. The van der Waals surface area contributed by atoms with Gasteiger partial charge in [0.2, 0.25) is 10.0 Å². The van der Waals surface area contributed by atoms with Crippen LogP contribution in [0.3, 0.4) is 0 Å². The average Bonchev–Trinajstić information content (AvgIpc) is 3.26. The normalized spacial score (nSPS) is 15.0. The number of hydrogen-bond acceptors (Lipinski definition) is 4. The van der Waals surface area contributed by atoms with Crippen LogP contribution in [-0.4, -0.2) is 32.3 Å². The standard InChI is InChI=1S/C16H18N2O3S2/c19-16(18-8-1-2-9-18)13-5-3-7-15(11-13)23(20,21)17-12-14-6-4-10-22-14/h3-7,10-11,17H,1-2,8-9,12H2. The van der Waals surface area contributed by atoms with Gasteiger partial charge in [0.1, 0.15) is 0 Å². The van der Waals surface area contributed by atoms with Gasteiger partial charge < -0.3 is 4.90 Å². The van der Waals surface area contributed by atoms with Gasteiger partial charge in [0.15, 0.2) is 0 Å². The molecule has 1 N–H and O–H groups in total. The summed E-state index contributed by atoms with van der Waals surface area (Å²) >= 11 is 1.50. The van der Waals surface area contributed by atoms with Crippen molar-refractivity contribution < 1.29 is 13.2 Å². The van der Waals surface area contributed by atoms with Gasteiger partial charge in [-0.1, -0.05) is 12.1 Å². The summed E-state index contributed by atoms with van der Waals surface area (Å²) in [7, 11) is -3.63. The van der Waals surface area contributed by atoms with Gasteiger partial charge in [-0.2, -0.15) is 0 Å². The van der Waals surface area contributed by atoms with Crippen LogP contribution in [0.1, 0.15) is 28.1 Å². The van der Waals surface area contributed by atoms with E-state index in [9.17, 15) is 13.2 Å². The van der Waals surface area contributed by atoms with E-state index in [-0.39, 0.29) is 17.3 Å². The maximum absolute atomic E-state index is 12.4. The molecule has 1 amide bonds. The van der Waals surface area contributed by atoms with Crippen molar-refractivity contribution in [2.24, 2.45) is 0 Å². The van der Waals surface area contributed by atoms with E-state index in [1.165, 1.54) is 23.5 Å². The van der Waals surface area contributed by atoms with Crippen molar-refractivity contribution in [2.45, 2.75) is 24.3 Å². The maximum Gasteiger partial charge on any atom is 0.253 e. The maximum atomic E-state index is 12.4. The molecule has 0 atom stereocenters. The average molecular weight is 350 g/mol. The van der Waals surface area contributed by atoms with Gasteiger partial charge in [0, 0.05) is 30.1 Å². The third-order valence-electron chi connectivity index (χ3n) is 3.80. The lowest BCUT2D eigenvalue weighted by atomic mass is 10.2. The molecule has 7 heteroatoms. The van der Waals surface area contributed by atoms with Crippen molar-refractivity contribution in [1.82, 2.24) is 9.62 Å². The quantitative estimate of drug-likeness (QED) is 0.901. The van der Waals surface area contributed by atoms with Gasteiger partial charge >= 0.3 is 0 Å². The molecule has 1 aromatic carbocycles. The molecular weight excluding hydrogens is 332 g/mol. The zero-order valence-electron chi connectivity index (χ0n) is 12.6. The number of sulfonamides is 1. The highest BCUT2D eigenvalue weighted by Crippen LogP contribution is 2.17. The summed E-state index contributed by atoms with van der Waals surface area (Å²) in [6, 6.07) is 10.0. The monoisotopic (exact) mass is 350 g/mol. The molecular formula is C16H18N2O3S2. The Kier molecular flexibility index (Phi) is 4.79. The van der Waals surface area contributed by atoms with Crippen molar-refractivity contribution in [2.75, 3.05) is 13.1 Å². The molecule has 0 unspecified atom stereocenters. The van der Waals surface area contributed by atoms with E-state index in [0.717, 1.165) is 30.8 Å². The molecule has 5 nitrogen and oxygen atoms in total. The van der Waals surface area contributed by atoms with Crippen LogP contribution in [0.4, 0.5) is 0 Å². The summed E-state index contributed by atoms with van der Waals surface area (Å²) in [6.07, 6.45) is 2.01. The van der Waals surface area contributed by atoms with Gasteiger partial charge in [0.05, 0.1) is 4.90 Å². The highest BCUT2D eigenvalue weighted by Gasteiger charge is 2.21. The number of carbonyl (C=O) groups excluding carboxylic acids is 1.